The lowest BCUT2D eigenvalue weighted by Gasteiger charge is -2.21. The van der Waals surface area contributed by atoms with Crippen LogP contribution >= 0.6 is 0 Å². The molecule has 1 heterocycles. The van der Waals surface area contributed by atoms with Crippen molar-refractivity contribution in [2.24, 2.45) is 17.8 Å². The molecule has 1 heteroatoms. The van der Waals surface area contributed by atoms with Gasteiger partial charge >= 0.3 is 0 Å². The first-order valence-electron chi connectivity index (χ1n) is 7.11. The molecule has 1 saturated carbocycles. The molecule has 0 aromatic rings. The molecule has 88 valence electrons. The third-order valence-corrected chi connectivity index (χ3v) is 4.60. The monoisotopic (exact) mass is 209 g/mol. The molecule has 1 nitrogen and oxygen atoms in total. The van der Waals surface area contributed by atoms with Crippen LogP contribution in [0, 0.1) is 17.8 Å². The minimum absolute atomic E-state index is 1.02. The predicted molar refractivity (Wildman–Crippen MR) is 65.9 cm³/mol. The van der Waals surface area contributed by atoms with Gasteiger partial charge in [0.2, 0.25) is 0 Å². The average Bonchev–Trinajstić information content (AvgIpc) is 2.67. The van der Waals surface area contributed by atoms with Gasteiger partial charge < -0.3 is 5.32 Å². The summed E-state index contributed by atoms with van der Waals surface area (Å²) in [6, 6.07) is 0. The van der Waals surface area contributed by atoms with Crippen LogP contribution in [0.25, 0.3) is 0 Å². The summed E-state index contributed by atoms with van der Waals surface area (Å²) in [6.07, 6.45) is 11.9. The van der Waals surface area contributed by atoms with Gasteiger partial charge in [0, 0.05) is 0 Å². The van der Waals surface area contributed by atoms with Crippen molar-refractivity contribution in [2.75, 3.05) is 13.1 Å². The smallest absolute Gasteiger partial charge is 0.00174 e. The minimum atomic E-state index is 1.02. The Labute approximate surface area is 95.0 Å². The second-order valence-electron chi connectivity index (χ2n) is 5.68. The van der Waals surface area contributed by atoms with E-state index in [1.807, 2.05) is 0 Å². The molecule has 0 amide bonds. The molecule has 0 aromatic carbocycles. The van der Waals surface area contributed by atoms with Gasteiger partial charge in [0.25, 0.3) is 0 Å². The Kier molecular flexibility index (Phi) is 4.49. The van der Waals surface area contributed by atoms with E-state index in [4.69, 9.17) is 0 Å². The van der Waals surface area contributed by atoms with E-state index < -0.39 is 0 Å². The summed E-state index contributed by atoms with van der Waals surface area (Å²) < 4.78 is 0. The molecular formula is C14H27N. The van der Waals surface area contributed by atoms with Crippen LogP contribution in [0.4, 0.5) is 0 Å². The van der Waals surface area contributed by atoms with Gasteiger partial charge in [0.1, 0.15) is 0 Å². The van der Waals surface area contributed by atoms with E-state index in [-0.39, 0.29) is 0 Å². The summed E-state index contributed by atoms with van der Waals surface area (Å²) >= 11 is 0. The van der Waals surface area contributed by atoms with Crippen molar-refractivity contribution in [3.05, 3.63) is 0 Å². The van der Waals surface area contributed by atoms with Crippen LogP contribution in [-0.2, 0) is 0 Å². The molecule has 1 aliphatic heterocycles. The van der Waals surface area contributed by atoms with Crippen molar-refractivity contribution in [3.8, 4) is 0 Å². The summed E-state index contributed by atoms with van der Waals surface area (Å²) in [4.78, 5) is 0. The second kappa shape index (κ2) is 5.89. The number of nitrogens with one attached hydrogen (secondary N) is 1. The molecule has 3 atom stereocenters. The van der Waals surface area contributed by atoms with Gasteiger partial charge in [0.15, 0.2) is 0 Å². The van der Waals surface area contributed by atoms with Crippen LogP contribution in [0.15, 0.2) is 0 Å². The van der Waals surface area contributed by atoms with Crippen LogP contribution in [0.5, 0.6) is 0 Å². The molecule has 2 rings (SSSR count). The van der Waals surface area contributed by atoms with E-state index in [2.05, 4.69) is 12.2 Å². The van der Waals surface area contributed by atoms with Crippen LogP contribution < -0.4 is 5.32 Å². The zero-order chi connectivity index (χ0) is 10.5. The van der Waals surface area contributed by atoms with Crippen molar-refractivity contribution < 1.29 is 0 Å². The summed E-state index contributed by atoms with van der Waals surface area (Å²) in [5.74, 6) is 3.14. The Morgan fingerprint density at radius 1 is 1.00 bits per heavy atom. The Hall–Kier alpha value is -0.0400. The van der Waals surface area contributed by atoms with Crippen molar-refractivity contribution >= 4 is 0 Å². The van der Waals surface area contributed by atoms with Gasteiger partial charge in [-0.3, -0.25) is 0 Å². The highest BCUT2D eigenvalue weighted by Crippen LogP contribution is 2.35. The zero-order valence-corrected chi connectivity index (χ0v) is 10.3. The number of hydrogen-bond acceptors (Lipinski definition) is 1. The van der Waals surface area contributed by atoms with E-state index >= 15 is 0 Å². The highest BCUT2D eigenvalue weighted by molar-refractivity contribution is 4.81. The average molecular weight is 209 g/mol. The van der Waals surface area contributed by atoms with Gasteiger partial charge in [-0.25, -0.2) is 0 Å². The van der Waals surface area contributed by atoms with Crippen molar-refractivity contribution in [1.82, 2.24) is 5.32 Å². The molecule has 1 saturated heterocycles. The molecule has 0 aromatic heterocycles. The fourth-order valence-corrected chi connectivity index (χ4v) is 3.65. The molecular weight excluding hydrogens is 182 g/mol. The topological polar surface area (TPSA) is 12.0 Å². The summed E-state index contributed by atoms with van der Waals surface area (Å²) in [5, 5.41) is 3.53. The van der Waals surface area contributed by atoms with Crippen LogP contribution in [-0.4, -0.2) is 13.1 Å². The minimum Gasteiger partial charge on any atom is -0.316 e. The Balaban J connectivity index is 1.78. The van der Waals surface area contributed by atoms with E-state index in [1.54, 1.807) is 0 Å². The highest BCUT2D eigenvalue weighted by Gasteiger charge is 2.27. The van der Waals surface area contributed by atoms with Crippen LogP contribution in [0.3, 0.4) is 0 Å². The third kappa shape index (κ3) is 3.21. The van der Waals surface area contributed by atoms with Gasteiger partial charge in [-0.2, -0.15) is 0 Å². The van der Waals surface area contributed by atoms with Gasteiger partial charge in [0.05, 0.1) is 0 Å². The highest BCUT2D eigenvalue weighted by atomic mass is 14.9. The maximum absolute atomic E-state index is 3.53. The lowest BCUT2D eigenvalue weighted by atomic mass is 9.85. The number of rotatable bonds is 3. The molecule has 3 unspecified atom stereocenters. The molecule has 0 bridgehead atoms. The number of hydrogen-bond donors (Lipinski definition) is 1. The quantitative estimate of drug-likeness (QED) is 0.700. The van der Waals surface area contributed by atoms with E-state index in [1.165, 1.54) is 64.5 Å². The Bertz CT molecular complexity index is 172. The van der Waals surface area contributed by atoms with Crippen molar-refractivity contribution in [3.63, 3.8) is 0 Å². The molecule has 0 spiro atoms. The van der Waals surface area contributed by atoms with Crippen molar-refractivity contribution in [1.29, 1.82) is 0 Å². The molecule has 1 aliphatic carbocycles. The van der Waals surface area contributed by atoms with Crippen molar-refractivity contribution in [2.45, 2.75) is 58.3 Å². The van der Waals surface area contributed by atoms with E-state index in [0.29, 0.717) is 0 Å². The van der Waals surface area contributed by atoms with Crippen LogP contribution in [0.1, 0.15) is 58.3 Å². The maximum Gasteiger partial charge on any atom is -0.00174 e. The molecule has 2 fully saturated rings. The fourth-order valence-electron chi connectivity index (χ4n) is 3.65. The normalized spacial score (nSPS) is 37.8. The molecule has 15 heavy (non-hydrogen) atoms. The summed E-state index contributed by atoms with van der Waals surface area (Å²) in [6.45, 7) is 4.92. The summed E-state index contributed by atoms with van der Waals surface area (Å²) in [7, 11) is 0. The lowest BCUT2D eigenvalue weighted by molar-refractivity contribution is 0.312. The SMILES string of the molecule is CCCC1CCCC(C2CCNC2)CC1. The third-order valence-electron chi connectivity index (χ3n) is 4.60. The van der Waals surface area contributed by atoms with Gasteiger partial charge in [-0.05, 0) is 43.7 Å². The van der Waals surface area contributed by atoms with Gasteiger partial charge in [-0.15, -0.1) is 0 Å². The predicted octanol–water partition coefficient (Wildman–Crippen LogP) is 3.59. The molecule has 1 N–H and O–H groups in total. The molecule has 0 radical (unpaired) electrons. The van der Waals surface area contributed by atoms with E-state index in [0.717, 1.165) is 17.8 Å². The van der Waals surface area contributed by atoms with E-state index in [9.17, 15) is 0 Å². The maximum atomic E-state index is 3.53. The first-order valence-corrected chi connectivity index (χ1v) is 7.11. The fraction of sp³-hybridized carbons (Fsp3) is 1.00. The van der Waals surface area contributed by atoms with Crippen LogP contribution in [0.2, 0.25) is 0 Å². The first-order chi connectivity index (χ1) is 7.40. The van der Waals surface area contributed by atoms with Gasteiger partial charge in [-0.1, -0.05) is 45.4 Å². The second-order valence-corrected chi connectivity index (χ2v) is 5.68. The largest absolute Gasteiger partial charge is 0.316 e. The Morgan fingerprint density at radius 3 is 2.67 bits per heavy atom. The first kappa shape index (κ1) is 11.4. The Morgan fingerprint density at radius 2 is 1.93 bits per heavy atom. The lowest BCUT2D eigenvalue weighted by Crippen LogP contribution is -2.17. The standard InChI is InChI=1S/C14H27N/c1-2-4-12-5-3-6-13(8-7-12)14-9-10-15-11-14/h12-15H,2-11H2,1H3. The molecule has 2 aliphatic rings. The summed E-state index contributed by atoms with van der Waals surface area (Å²) in [5.41, 5.74) is 0. The zero-order valence-electron chi connectivity index (χ0n) is 10.3.